The van der Waals surface area contributed by atoms with E-state index in [4.69, 9.17) is 5.73 Å². The minimum absolute atomic E-state index is 0.0490. The number of aryl methyl sites for hydroxylation is 1. The van der Waals surface area contributed by atoms with E-state index in [1.807, 2.05) is 24.3 Å². The number of hydrogen-bond acceptors (Lipinski definition) is 8. The molecule has 4 rings (SSSR count). The molecular formula is C16H14N8O. The summed E-state index contributed by atoms with van der Waals surface area (Å²) < 4.78 is 1.74. The van der Waals surface area contributed by atoms with Crippen LogP contribution in [0.2, 0.25) is 0 Å². The lowest BCUT2D eigenvalue weighted by atomic mass is 10.3. The van der Waals surface area contributed by atoms with Gasteiger partial charge in [0.15, 0.2) is 0 Å². The van der Waals surface area contributed by atoms with Gasteiger partial charge in [-0.05, 0) is 19.1 Å². The lowest BCUT2D eigenvalue weighted by Crippen LogP contribution is -2.10. The SMILES string of the molecule is Cc1nc(N)nc(-n2c(Nc3cncc(O)c3)nc3ccccc32)n1. The number of imidazole rings is 1. The van der Waals surface area contributed by atoms with Crippen molar-refractivity contribution in [2.45, 2.75) is 6.92 Å². The van der Waals surface area contributed by atoms with Gasteiger partial charge in [-0.25, -0.2) is 9.55 Å². The molecule has 0 saturated heterocycles. The normalized spacial score (nSPS) is 10.9. The Labute approximate surface area is 142 Å². The highest BCUT2D eigenvalue weighted by atomic mass is 16.3. The number of aromatic nitrogens is 6. The van der Waals surface area contributed by atoms with Crippen molar-refractivity contribution in [3.63, 3.8) is 0 Å². The number of nitrogens with one attached hydrogen (secondary N) is 1. The first kappa shape index (κ1) is 14.8. The minimum Gasteiger partial charge on any atom is -0.506 e. The summed E-state index contributed by atoms with van der Waals surface area (Å²) in [4.78, 5) is 21.1. The standard InChI is InChI=1S/C16H14N8O/c1-9-19-14(17)23-15(20-9)24-13-5-3-2-4-12(13)22-16(24)21-10-6-11(25)8-18-7-10/h2-8,25H,1H3,(H,21,22)(H2,17,19,20,23). The molecule has 3 aromatic heterocycles. The van der Waals surface area contributed by atoms with Crippen molar-refractivity contribution in [3.8, 4) is 11.7 Å². The van der Waals surface area contributed by atoms with E-state index in [-0.39, 0.29) is 11.7 Å². The van der Waals surface area contributed by atoms with Crippen LogP contribution in [0.25, 0.3) is 17.0 Å². The van der Waals surface area contributed by atoms with Gasteiger partial charge in [0, 0.05) is 6.07 Å². The average molecular weight is 334 g/mol. The molecular weight excluding hydrogens is 320 g/mol. The molecule has 0 aliphatic carbocycles. The molecule has 0 atom stereocenters. The summed E-state index contributed by atoms with van der Waals surface area (Å²) in [6.45, 7) is 1.74. The maximum Gasteiger partial charge on any atom is 0.242 e. The number of pyridine rings is 1. The third kappa shape index (κ3) is 2.78. The van der Waals surface area contributed by atoms with Gasteiger partial charge < -0.3 is 16.2 Å². The minimum atomic E-state index is 0.0490. The number of aromatic hydroxyl groups is 1. The van der Waals surface area contributed by atoms with Crippen molar-refractivity contribution >= 4 is 28.6 Å². The second-order valence-corrected chi connectivity index (χ2v) is 5.36. The Morgan fingerprint density at radius 1 is 1.08 bits per heavy atom. The molecule has 0 spiro atoms. The van der Waals surface area contributed by atoms with Crippen molar-refractivity contribution in [2.24, 2.45) is 0 Å². The number of anilines is 3. The highest BCUT2D eigenvalue weighted by molar-refractivity contribution is 5.81. The molecule has 0 radical (unpaired) electrons. The predicted octanol–water partition coefficient (Wildman–Crippen LogP) is 1.95. The zero-order valence-electron chi connectivity index (χ0n) is 13.2. The topological polar surface area (TPSA) is 128 Å². The van der Waals surface area contributed by atoms with Crippen molar-refractivity contribution in [1.29, 1.82) is 0 Å². The lowest BCUT2D eigenvalue weighted by Gasteiger charge is -2.10. The number of benzene rings is 1. The highest BCUT2D eigenvalue weighted by Gasteiger charge is 2.16. The largest absolute Gasteiger partial charge is 0.506 e. The number of para-hydroxylation sites is 2. The van der Waals surface area contributed by atoms with Gasteiger partial charge in [-0.1, -0.05) is 12.1 Å². The molecule has 0 aliphatic rings. The van der Waals surface area contributed by atoms with E-state index in [2.05, 4.69) is 30.2 Å². The number of nitrogen functional groups attached to an aromatic ring is 1. The zero-order valence-corrected chi connectivity index (χ0v) is 13.2. The molecule has 0 fully saturated rings. The van der Waals surface area contributed by atoms with Gasteiger partial charge in [-0.15, -0.1) is 0 Å². The number of nitrogens with two attached hydrogens (primary N) is 1. The smallest absolute Gasteiger partial charge is 0.242 e. The molecule has 0 bridgehead atoms. The quantitative estimate of drug-likeness (QED) is 0.518. The zero-order chi connectivity index (χ0) is 17.4. The predicted molar refractivity (Wildman–Crippen MR) is 92.8 cm³/mol. The first-order chi connectivity index (χ1) is 12.1. The van der Waals surface area contributed by atoms with Gasteiger partial charge >= 0.3 is 0 Å². The van der Waals surface area contributed by atoms with Crippen LogP contribution in [-0.4, -0.2) is 34.6 Å². The molecule has 1 aromatic carbocycles. The third-order valence-electron chi connectivity index (χ3n) is 3.49. The Hall–Kier alpha value is -3.75. The molecule has 9 nitrogen and oxygen atoms in total. The molecule has 0 aliphatic heterocycles. The van der Waals surface area contributed by atoms with Gasteiger partial charge in [0.25, 0.3) is 0 Å². The van der Waals surface area contributed by atoms with Gasteiger partial charge in [-0.3, -0.25) is 4.98 Å². The first-order valence-electron chi connectivity index (χ1n) is 7.47. The van der Waals surface area contributed by atoms with Crippen LogP contribution in [0.3, 0.4) is 0 Å². The molecule has 0 saturated carbocycles. The summed E-state index contributed by atoms with van der Waals surface area (Å²) >= 11 is 0. The number of rotatable bonds is 3. The fourth-order valence-electron chi connectivity index (χ4n) is 2.53. The number of fused-ring (bicyclic) bond motifs is 1. The van der Waals surface area contributed by atoms with Gasteiger partial charge in [0.2, 0.25) is 17.8 Å². The van der Waals surface area contributed by atoms with E-state index >= 15 is 0 Å². The van der Waals surface area contributed by atoms with E-state index in [9.17, 15) is 5.11 Å². The second kappa shape index (κ2) is 5.71. The fraction of sp³-hybridized carbons (Fsp3) is 0.0625. The molecule has 124 valence electrons. The summed E-state index contributed by atoms with van der Waals surface area (Å²) in [5.41, 5.74) is 7.92. The molecule has 4 aromatic rings. The Kier molecular flexibility index (Phi) is 3.38. The number of nitrogens with zero attached hydrogens (tertiary/aromatic N) is 6. The van der Waals surface area contributed by atoms with Gasteiger partial charge in [0.05, 0.1) is 29.1 Å². The summed E-state index contributed by atoms with van der Waals surface area (Å²) in [5, 5.41) is 12.7. The third-order valence-corrected chi connectivity index (χ3v) is 3.49. The van der Waals surface area contributed by atoms with E-state index < -0.39 is 0 Å². The Balaban J connectivity index is 1.92. The van der Waals surface area contributed by atoms with Crippen LogP contribution >= 0.6 is 0 Å². The lowest BCUT2D eigenvalue weighted by molar-refractivity contribution is 0.473. The van der Waals surface area contributed by atoms with E-state index in [0.29, 0.717) is 23.4 Å². The molecule has 9 heteroatoms. The van der Waals surface area contributed by atoms with Crippen molar-refractivity contribution in [3.05, 3.63) is 48.5 Å². The number of hydrogen-bond donors (Lipinski definition) is 3. The average Bonchev–Trinajstić information content (AvgIpc) is 2.91. The Bertz CT molecular complexity index is 1050. The van der Waals surface area contributed by atoms with Crippen LogP contribution in [0.15, 0.2) is 42.7 Å². The summed E-state index contributed by atoms with van der Waals surface area (Å²) in [5.74, 6) is 1.51. The van der Waals surface area contributed by atoms with Gasteiger partial charge in [0.1, 0.15) is 11.6 Å². The maximum atomic E-state index is 9.61. The molecule has 25 heavy (non-hydrogen) atoms. The van der Waals surface area contributed by atoms with E-state index in [0.717, 1.165) is 11.0 Å². The van der Waals surface area contributed by atoms with Crippen LogP contribution in [0.5, 0.6) is 5.75 Å². The Morgan fingerprint density at radius 2 is 1.92 bits per heavy atom. The maximum absolute atomic E-state index is 9.61. The fourth-order valence-corrected chi connectivity index (χ4v) is 2.53. The summed E-state index contributed by atoms with van der Waals surface area (Å²) in [7, 11) is 0. The second-order valence-electron chi connectivity index (χ2n) is 5.36. The van der Waals surface area contributed by atoms with Crippen LogP contribution in [0.1, 0.15) is 5.82 Å². The van der Waals surface area contributed by atoms with Crippen molar-refractivity contribution in [2.75, 3.05) is 11.1 Å². The molecule has 4 N–H and O–H groups in total. The van der Waals surface area contributed by atoms with Crippen LogP contribution in [0, 0.1) is 6.92 Å². The van der Waals surface area contributed by atoms with Gasteiger partial charge in [-0.2, -0.15) is 15.0 Å². The molecule has 0 amide bonds. The van der Waals surface area contributed by atoms with Crippen molar-refractivity contribution in [1.82, 2.24) is 29.5 Å². The highest BCUT2D eigenvalue weighted by Crippen LogP contribution is 2.26. The van der Waals surface area contributed by atoms with Crippen LogP contribution in [0.4, 0.5) is 17.6 Å². The van der Waals surface area contributed by atoms with Crippen molar-refractivity contribution < 1.29 is 5.11 Å². The molecule has 0 unspecified atom stereocenters. The Morgan fingerprint density at radius 3 is 2.72 bits per heavy atom. The van der Waals surface area contributed by atoms with E-state index in [1.165, 1.54) is 6.20 Å². The van der Waals surface area contributed by atoms with E-state index in [1.54, 1.807) is 23.8 Å². The molecule has 3 heterocycles. The monoisotopic (exact) mass is 334 g/mol. The summed E-state index contributed by atoms with van der Waals surface area (Å²) in [6.07, 6.45) is 2.93. The summed E-state index contributed by atoms with van der Waals surface area (Å²) in [6, 6.07) is 9.13. The van der Waals surface area contributed by atoms with Crippen LogP contribution < -0.4 is 11.1 Å². The van der Waals surface area contributed by atoms with Crippen LogP contribution in [-0.2, 0) is 0 Å². The first-order valence-corrected chi connectivity index (χ1v) is 7.47.